The zero-order valence-corrected chi connectivity index (χ0v) is 19.6. The largest absolute Gasteiger partial charge is 0.354 e. The smallest absolute Gasteiger partial charge is 0.262 e. The van der Waals surface area contributed by atoms with E-state index in [1.165, 1.54) is 11.1 Å². The van der Waals surface area contributed by atoms with Gasteiger partial charge in [0.1, 0.15) is 0 Å². The van der Waals surface area contributed by atoms with E-state index in [4.69, 9.17) is 0 Å². The first-order chi connectivity index (χ1) is 15.3. The molecule has 0 spiro atoms. The summed E-state index contributed by atoms with van der Waals surface area (Å²) in [5, 5.41) is 12.9. The number of thioether (sulfide) groups is 1. The van der Waals surface area contributed by atoms with Crippen LogP contribution < -0.4 is 10.9 Å². The Morgan fingerprint density at radius 3 is 2.62 bits per heavy atom. The summed E-state index contributed by atoms with van der Waals surface area (Å²) in [7, 11) is 0. The summed E-state index contributed by atoms with van der Waals surface area (Å²) in [6.07, 6.45) is 0.198. The van der Waals surface area contributed by atoms with Gasteiger partial charge in [0.25, 0.3) is 5.56 Å². The Hall–Kier alpha value is -3.13. The van der Waals surface area contributed by atoms with Crippen molar-refractivity contribution in [3.8, 4) is 0 Å². The number of hydrogen-bond acceptors (Lipinski definition) is 5. The Morgan fingerprint density at radius 2 is 1.88 bits per heavy atom. The number of fused-ring (bicyclic) bond motifs is 3. The number of carbonyl (C=O) groups is 1. The van der Waals surface area contributed by atoms with Crippen LogP contribution in [0.1, 0.15) is 37.0 Å². The van der Waals surface area contributed by atoms with Gasteiger partial charge in [-0.2, -0.15) is 0 Å². The third-order valence-corrected chi connectivity index (χ3v) is 6.19. The Labute approximate surface area is 190 Å². The van der Waals surface area contributed by atoms with E-state index < -0.39 is 0 Å². The highest BCUT2D eigenvalue weighted by molar-refractivity contribution is 7.98. The molecule has 8 heteroatoms. The van der Waals surface area contributed by atoms with Crippen molar-refractivity contribution < 1.29 is 4.79 Å². The monoisotopic (exact) mass is 449 g/mol. The molecule has 0 aliphatic carbocycles. The Kier molecular flexibility index (Phi) is 6.32. The lowest BCUT2D eigenvalue weighted by Crippen LogP contribution is -2.32. The molecule has 0 atom stereocenters. The summed E-state index contributed by atoms with van der Waals surface area (Å²) in [4.78, 5) is 25.5. The summed E-state index contributed by atoms with van der Waals surface area (Å²) in [5.74, 6) is 1.10. The molecule has 0 radical (unpaired) electrons. The van der Waals surface area contributed by atoms with Gasteiger partial charge in [-0.3, -0.25) is 18.6 Å². The van der Waals surface area contributed by atoms with Gasteiger partial charge in [-0.25, -0.2) is 0 Å². The number of amides is 1. The molecule has 4 aromatic rings. The summed E-state index contributed by atoms with van der Waals surface area (Å²) < 4.78 is 3.49. The third-order valence-electron chi connectivity index (χ3n) is 5.19. The van der Waals surface area contributed by atoms with Crippen molar-refractivity contribution in [1.29, 1.82) is 0 Å². The molecule has 0 saturated carbocycles. The van der Waals surface area contributed by atoms with Gasteiger partial charge in [-0.1, -0.05) is 53.2 Å². The van der Waals surface area contributed by atoms with E-state index in [1.807, 2.05) is 49.4 Å². The second-order valence-corrected chi connectivity index (χ2v) is 9.29. The number of aromatic nitrogens is 4. The summed E-state index contributed by atoms with van der Waals surface area (Å²) in [5.41, 5.74) is 4.03. The van der Waals surface area contributed by atoms with Gasteiger partial charge in [0.15, 0.2) is 5.16 Å². The Balaban J connectivity index is 1.76. The Bertz CT molecular complexity index is 1360. The Morgan fingerprint density at radius 1 is 1.09 bits per heavy atom. The lowest BCUT2D eigenvalue weighted by Gasteiger charge is -2.13. The summed E-state index contributed by atoms with van der Waals surface area (Å²) >= 11 is 1.58. The van der Waals surface area contributed by atoms with Crippen molar-refractivity contribution in [1.82, 2.24) is 24.5 Å². The highest BCUT2D eigenvalue weighted by Gasteiger charge is 2.18. The van der Waals surface area contributed by atoms with Crippen molar-refractivity contribution in [3.63, 3.8) is 0 Å². The van der Waals surface area contributed by atoms with E-state index in [1.54, 1.807) is 16.3 Å². The van der Waals surface area contributed by atoms with E-state index in [0.717, 1.165) is 22.0 Å². The zero-order chi connectivity index (χ0) is 22.8. The maximum atomic E-state index is 13.3. The van der Waals surface area contributed by atoms with Crippen LogP contribution in [0.4, 0.5) is 0 Å². The maximum Gasteiger partial charge on any atom is 0.262 e. The predicted octanol–water partition coefficient (Wildman–Crippen LogP) is 3.87. The molecule has 4 rings (SSSR count). The standard InChI is InChI=1S/C24H27N5O2S/c1-15(2)25-21(30)10-11-28-22(31)19-13-17(4)8-9-20(19)29-23(28)26-27-24(29)32-14-18-7-5-6-16(3)12-18/h5-9,12-13,15H,10-11,14H2,1-4H3,(H,25,30). The number of aryl methyl sites for hydroxylation is 3. The average Bonchev–Trinajstić information content (AvgIpc) is 3.15. The number of hydrogen-bond donors (Lipinski definition) is 1. The maximum absolute atomic E-state index is 13.3. The summed E-state index contributed by atoms with van der Waals surface area (Å²) in [6, 6.07) is 14.2. The lowest BCUT2D eigenvalue weighted by atomic mass is 10.1. The second-order valence-electron chi connectivity index (χ2n) is 8.35. The molecule has 32 heavy (non-hydrogen) atoms. The fourth-order valence-electron chi connectivity index (χ4n) is 3.75. The minimum Gasteiger partial charge on any atom is -0.354 e. The van der Waals surface area contributed by atoms with Crippen LogP contribution in [0.15, 0.2) is 52.4 Å². The fraction of sp³-hybridized carbons (Fsp3) is 0.333. The van der Waals surface area contributed by atoms with Crippen molar-refractivity contribution in [2.75, 3.05) is 0 Å². The van der Waals surface area contributed by atoms with Crippen molar-refractivity contribution in [2.45, 2.75) is 57.6 Å². The molecule has 0 bridgehead atoms. The van der Waals surface area contributed by atoms with Gasteiger partial charge in [-0.15, -0.1) is 10.2 Å². The van der Waals surface area contributed by atoms with Crippen LogP contribution in [0.25, 0.3) is 16.7 Å². The van der Waals surface area contributed by atoms with Gasteiger partial charge in [-0.05, 0) is 45.4 Å². The van der Waals surface area contributed by atoms with Gasteiger partial charge < -0.3 is 5.32 Å². The molecule has 2 aromatic heterocycles. The molecule has 1 amide bonds. The quantitative estimate of drug-likeness (QED) is 0.433. The molecule has 0 saturated heterocycles. The molecular weight excluding hydrogens is 422 g/mol. The zero-order valence-electron chi connectivity index (χ0n) is 18.8. The molecular formula is C24H27N5O2S. The average molecular weight is 450 g/mol. The normalized spacial score (nSPS) is 11.5. The number of nitrogens with zero attached hydrogens (tertiary/aromatic N) is 4. The van der Waals surface area contributed by atoms with Gasteiger partial charge in [0.2, 0.25) is 11.7 Å². The molecule has 7 nitrogen and oxygen atoms in total. The van der Waals surface area contributed by atoms with Crippen LogP contribution >= 0.6 is 11.8 Å². The van der Waals surface area contributed by atoms with Gasteiger partial charge >= 0.3 is 0 Å². The highest BCUT2D eigenvalue weighted by atomic mass is 32.2. The van der Waals surface area contributed by atoms with Crippen LogP contribution in [0, 0.1) is 13.8 Å². The molecule has 2 aromatic carbocycles. The third kappa shape index (κ3) is 4.55. The summed E-state index contributed by atoms with van der Waals surface area (Å²) in [6.45, 7) is 8.10. The molecule has 0 aliphatic rings. The minimum absolute atomic E-state index is 0.0520. The molecule has 0 aliphatic heterocycles. The first-order valence-electron chi connectivity index (χ1n) is 10.7. The topological polar surface area (TPSA) is 81.3 Å². The van der Waals surface area contributed by atoms with E-state index in [0.29, 0.717) is 11.2 Å². The first-order valence-corrected chi connectivity index (χ1v) is 11.7. The van der Waals surface area contributed by atoms with E-state index >= 15 is 0 Å². The minimum atomic E-state index is -0.156. The molecule has 0 fully saturated rings. The molecule has 0 unspecified atom stereocenters. The number of carbonyl (C=O) groups excluding carboxylic acids is 1. The van der Waals surface area contributed by atoms with E-state index in [9.17, 15) is 9.59 Å². The van der Waals surface area contributed by atoms with Crippen LogP contribution in [0.5, 0.6) is 0 Å². The predicted molar refractivity (Wildman–Crippen MR) is 128 cm³/mol. The van der Waals surface area contributed by atoms with Crippen LogP contribution in [-0.2, 0) is 17.1 Å². The highest BCUT2D eigenvalue weighted by Crippen LogP contribution is 2.25. The lowest BCUT2D eigenvalue weighted by molar-refractivity contribution is -0.121. The fourth-order valence-corrected chi connectivity index (χ4v) is 4.64. The van der Waals surface area contributed by atoms with Crippen molar-refractivity contribution in [3.05, 3.63) is 69.5 Å². The van der Waals surface area contributed by atoms with Crippen LogP contribution in [0.2, 0.25) is 0 Å². The van der Waals surface area contributed by atoms with E-state index in [-0.39, 0.29) is 30.5 Å². The van der Waals surface area contributed by atoms with E-state index in [2.05, 4.69) is 40.6 Å². The second kappa shape index (κ2) is 9.16. The number of rotatable bonds is 7. The molecule has 1 N–H and O–H groups in total. The van der Waals surface area contributed by atoms with Gasteiger partial charge in [0, 0.05) is 24.8 Å². The molecule has 2 heterocycles. The number of nitrogens with one attached hydrogen (secondary N) is 1. The van der Waals surface area contributed by atoms with Crippen LogP contribution in [-0.4, -0.2) is 31.1 Å². The number of benzene rings is 2. The first kappa shape index (κ1) is 22.1. The SMILES string of the molecule is Cc1cccc(CSc2nnc3n(CCC(=O)NC(C)C)c(=O)c4cc(C)ccc4n23)c1. The van der Waals surface area contributed by atoms with Crippen molar-refractivity contribution >= 4 is 34.3 Å². The van der Waals surface area contributed by atoms with Gasteiger partial charge in [0.05, 0.1) is 10.9 Å². The van der Waals surface area contributed by atoms with Crippen molar-refractivity contribution in [2.24, 2.45) is 0 Å². The van der Waals surface area contributed by atoms with Crippen LogP contribution in [0.3, 0.4) is 0 Å². The molecule has 166 valence electrons.